The molecule has 0 saturated heterocycles. The Bertz CT molecular complexity index is 1550. The maximum Gasteiger partial charge on any atom is 0.335 e. The molecule has 1 aliphatic rings. The van der Waals surface area contributed by atoms with E-state index in [9.17, 15) is 18.3 Å². The number of benzene rings is 2. The molecule has 0 atom stereocenters. The molecule has 0 unspecified atom stereocenters. The third-order valence-corrected chi connectivity index (χ3v) is 7.38. The number of pyridine rings is 1. The van der Waals surface area contributed by atoms with Crippen molar-refractivity contribution in [3.05, 3.63) is 83.9 Å². The maximum absolute atomic E-state index is 15.2. The fourth-order valence-electron chi connectivity index (χ4n) is 4.06. The number of hydrogen-bond donors (Lipinski definition) is 2. The van der Waals surface area contributed by atoms with Gasteiger partial charge in [-0.2, -0.15) is 5.10 Å². The molecule has 5 rings (SSSR count). The number of aromatic carboxylic acids is 1. The molecule has 0 bridgehead atoms. The van der Waals surface area contributed by atoms with Crippen molar-refractivity contribution in [1.29, 1.82) is 0 Å². The molecule has 8 nitrogen and oxygen atoms in total. The molecule has 0 aliphatic heterocycles. The van der Waals surface area contributed by atoms with Crippen LogP contribution in [0, 0.1) is 5.82 Å². The number of anilines is 1. The van der Waals surface area contributed by atoms with Gasteiger partial charge < -0.3 is 5.11 Å². The Labute approximate surface area is 201 Å². The number of carbonyl (C=O) groups is 1. The highest BCUT2D eigenvalue weighted by molar-refractivity contribution is 7.92. The first-order valence-corrected chi connectivity index (χ1v) is 12.4. The first-order valence-electron chi connectivity index (χ1n) is 10.9. The van der Waals surface area contributed by atoms with E-state index in [0.29, 0.717) is 17.0 Å². The highest BCUT2D eigenvalue weighted by Crippen LogP contribution is 2.44. The zero-order chi connectivity index (χ0) is 24.7. The first kappa shape index (κ1) is 22.7. The number of carboxylic acids is 1. The second-order valence-corrected chi connectivity index (χ2v) is 10.0. The highest BCUT2D eigenvalue weighted by Gasteiger charge is 2.32. The third-order valence-electron chi connectivity index (χ3n) is 5.96. The van der Waals surface area contributed by atoms with E-state index in [-0.39, 0.29) is 33.2 Å². The Balaban J connectivity index is 1.67. The van der Waals surface area contributed by atoms with E-state index < -0.39 is 21.8 Å². The van der Waals surface area contributed by atoms with E-state index in [2.05, 4.69) is 14.8 Å². The molecule has 35 heavy (non-hydrogen) atoms. The zero-order valence-electron chi connectivity index (χ0n) is 18.6. The number of aromatic nitrogens is 3. The van der Waals surface area contributed by atoms with Crippen molar-refractivity contribution in [3.8, 4) is 22.5 Å². The molecule has 0 spiro atoms. The lowest BCUT2D eigenvalue weighted by atomic mass is 10.0. The second-order valence-electron chi connectivity index (χ2n) is 8.37. The van der Waals surface area contributed by atoms with Crippen LogP contribution in [0.4, 0.5) is 10.1 Å². The van der Waals surface area contributed by atoms with Gasteiger partial charge in [-0.15, -0.1) is 0 Å². The normalized spacial score (nSPS) is 13.5. The van der Waals surface area contributed by atoms with E-state index in [0.717, 1.165) is 12.8 Å². The van der Waals surface area contributed by atoms with Gasteiger partial charge >= 0.3 is 5.97 Å². The van der Waals surface area contributed by atoms with E-state index in [4.69, 9.17) is 0 Å². The summed E-state index contributed by atoms with van der Waals surface area (Å²) < 4.78 is 46.5. The second kappa shape index (κ2) is 8.62. The number of nitrogens with one attached hydrogen (secondary N) is 1. The SMILES string of the molecule is Cn1nccc1-c1cc(NS(=O)(=O)c2cc(C(=O)O)ccc2C2CC2)c(-c2ccccn2)cc1F. The Kier molecular flexibility index (Phi) is 5.60. The van der Waals surface area contributed by atoms with Crippen LogP contribution in [0.1, 0.15) is 34.7 Å². The Morgan fingerprint density at radius 3 is 2.51 bits per heavy atom. The van der Waals surface area contributed by atoms with Crippen LogP contribution in [0.5, 0.6) is 0 Å². The predicted octanol–water partition coefficient (Wildman–Crippen LogP) is 4.66. The van der Waals surface area contributed by atoms with Crippen molar-refractivity contribution < 1.29 is 22.7 Å². The van der Waals surface area contributed by atoms with Gasteiger partial charge in [0, 0.05) is 30.6 Å². The quantitative estimate of drug-likeness (QED) is 0.388. The van der Waals surface area contributed by atoms with Gasteiger partial charge in [0.15, 0.2) is 0 Å². The fourth-order valence-corrected chi connectivity index (χ4v) is 5.45. The van der Waals surface area contributed by atoms with Crippen molar-refractivity contribution in [1.82, 2.24) is 14.8 Å². The predicted molar refractivity (Wildman–Crippen MR) is 128 cm³/mol. The van der Waals surface area contributed by atoms with Gasteiger partial charge in [0.2, 0.25) is 0 Å². The molecule has 2 heterocycles. The Morgan fingerprint density at radius 2 is 1.89 bits per heavy atom. The molecule has 1 saturated carbocycles. The largest absolute Gasteiger partial charge is 0.478 e. The van der Waals surface area contributed by atoms with Crippen molar-refractivity contribution in [2.24, 2.45) is 7.05 Å². The van der Waals surface area contributed by atoms with Gasteiger partial charge in [-0.25, -0.2) is 17.6 Å². The number of nitrogens with zero attached hydrogens (tertiary/aromatic N) is 3. The average Bonchev–Trinajstić information content (AvgIpc) is 3.60. The summed E-state index contributed by atoms with van der Waals surface area (Å²) in [5.74, 6) is -1.74. The molecule has 2 aromatic heterocycles. The van der Waals surface area contributed by atoms with Crippen LogP contribution in [0.2, 0.25) is 0 Å². The number of sulfonamides is 1. The molecular weight excluding hydrogens is 471 g/mol. The molecule has 1 aliphatic carbocycles. The van der Waals surface area contributed by atoms with Crippen molar-refractivity contribution >= 4 is 21.7 Å². The average molecular weight is 493 g/mol. The molecular formula is C25H21FN4O4S. The monoisotopic (exact) mass is 492 g/mol. The number of hydrogen-bond acceptors (Lipinski definition) is 5. The zero-order valence-corrected chi connectivity index (χ0v) is 19.5. The van der Waals surface area contributed by atoms with Gasteiger partial charge in [0.05, 0.1) is 27.5 Å². The summed E-state index contributed by atoms with van der Waals surface area (Å²) in [5.41, 5.74) is 1.79. The summed E-state index contributed by atoms with van der Waals surface area (Å²) >= 11 is 0. The van der Waals surface area contributed by atoms with Crippen LogP contribution in [0.15, 0.2) is 71.9 Å². The summed E-state index contributed by atoms with van der Waals surface area (Å²) in [6.07, 6.45) is 4.71. The Morgan fingerprint density at radius 1 is 1.09 bits per heavy atom. The molecule has 2 N–H and O–H groups in total. The number of halogens is 1. The van der Waals surface area contributed by atoms with Gasteiger partial charge in [-0.1, -0.05) is 12.1 Å². The first-order chi connectivity index (χ1) is 16.7. The molecule has 10 heteroatoms. The van der Waals surface area contributed by atoms with Crippen LogP contribution in [0.25, 0.3) is 22.5 Å². The van der Waals surface area contributed by atoms with E-state index in [1.165, 1.54) is 41.3 Å². The van der Waals surface area contributed by atoms with Gasteiger partial charge in [0.1, 0.15) is 5.82 Å². The standard InChI is InChI=1S/C25H21FN4O4S/c1-30-23(9-11-28-30)18-14-22(19(13-20(18)26)21-4-2-3-10-27-21)29-35(33,34)24-12-16(25(31)32)7-8-17(24)15-5-6-15/h2-4,7-15,29H,5-6H2,1H3,(H,31,32). The third kappa shape index (κ3) is 4.40. The summed E-state index contributed by atoms with van der Waals surface area (Å²) in [6.45, 7) is 0. The minimum atomic E-state index is -4.23. The van der Waals surface area contributed by atoms with Crippen molar-refractivity contribution in [2.45, 2.75) is 23.7 Å². The summed E-state index contributed by atoms with van der Waals surface area (Å²) in [5, 5.41) is 13.5. The van der Waals surface area contributed by atoms with E-state index >= 15 is 4.39 Å². The summed E-state index contributed by atoms with van der Waals surface area (Å²) in [6, 6.07) is 13.5. The number of aryl methyl sites for hydroxylation is 1. The van der Waals surface area contributed by atoms with Gasteiger partial charge in [-0.05, 0) is 66.8 Å². The van der Waals surface area contributed by atoms with Crippen molar-refractivity contribution in [3.63, 3.8) is 0 Å². The molecule has 0 radical (unpaired) electrons. The minimum absolute atomic E-state index is 0.0536. The summed E-state index contributed by atoms with van der Waals surface area (Å²) in [7, 11) is -2.57. The molecule has 0 amide bonds. The van der Waals surface area contributed by atoms with Crippen LogP contribution in [-0.2, 0) is 17.1 Å². The molecule has 2 aromatic carbocycles. The minimum Gasteiger partial charge on any atom is -0.478 e. The van der Waals surface area contributed by atoms with Crippen LogP contribution >= 0.6 is 0 Å². The van der Waals surface area contributed by atoms with Crippen molar-refractivity contribution in [2.75, 3.05) is 4.72 Å². The lowest BCUT2D eigenvalue weighted by molar-refractivity contribution is 0.0696. The van der Waals surface area contributed by atoms with E-state index in [1.54, 1.807) is 37.4 Å². The molecule has 178 valence electrons. The number of carboxylic acid groups (broad SMARTS) is 1. The van der Waals surface area contributed by atoms with Gasteiger partial charge in [-0.3, -0.25) is 14.4 Å². The molecule has 1 fully saturated rings. The Hall–Kier alpha value is -4.05. The maximum atomic E-state index is 15.2. The van der Waals surface area contributed by atoms with Gasteiger partial charge in [0.25, 0.3) is 10.0 Å². The topological polar surface area (TPSA) is 114 Å². The highest BCUT2D eigenvalue weighted by atomic mass is 32.2. The lowest BCUT2D eigenvalue weighted by Crippen LogP contribution is -2.17. The van der Waals surface area contributed by atoms with Crippen LogP contribution < -0.4 is 4.72 Å². The molecule has 4 aromatic rings. The van der Waals surface area contributed by atoms with Crippen LogP contribution in [-0.4, -0.2) is 34.3 Å². The number of rotatable bonds is 7. The fraction of sp³-hybridized carbons (Fsp3) is 0.160. The van der Waals surface area contributed by atoms with E-state index in [1.807, 2.05) is 0 Å². The lowest BCUT2D eigenvalue weighted by Gasteiger charge is -2.17. The smallest absolute Gasteiger partial charge is 0.335 e. The summed E-state index contributed by atoms with van der Waals surface area (Å²) in [4.78, 5) is 15.7. The van der Waals surface area contributed by atoms with Crippen LogP contribution in [0.3, 0.4) is 0 Å².